The van der Waals surface area contributed by atoms with Crippen molar-refractivity contribution >= 4 is 43.9 Å². The maximum atomic E-state index is 13.6. The van der Waals surface area contributed by atoms with Crippen LogP contribution in [0.2, 0.25) is 0 Å². The Morgan fingerprint density at radius 1 is 1.21 bits per heavy atom. The molecule has 5 rings (SSSR count). The molecule has 4 aromatic rings. The Bertz CT molecular complexity index is 1510. The van der Waals surface area contributed by atoms with Gasteiger partial charge in [-0.25, -0.2) is 27.8 Å². The van der Waals surface area contributed by atoms with Crippen LogP contribution >= 0.6 is 11.8 Å². The number of fused-ring (bicyclic) bond motifs is 2. The molecule has 0 radical (unpaired) electrons. The van der Waals surface area contributed by atoms with E-state index >= 15 is 0 Å². The number of oxazole rings is 1. The van der Waals surface area contributed by atoms with Crippen LogP contribution < -0.4 is 0 Å². The topological polar surface area (TPSA) is 90.9 Å². The molecule has 3 aromatic heterocycles. The Balaban J connectivity index is 1.69. The Morgan fingerprint density at radius 3 is 2.58 bits per heavy atom. The fourth-order valence-corrected chi connectivity index (χ4v) is 5.23. The van der Waals surface area contributed by atoms with Crippen LogP contribution in [0.15, 0.2) is 38.5 Å². The number of hydrogen-bond acceptors (Lipinski definition) is 7. The summed E-state index contributed by atoms with van der Waals surface area (Å²) in [6.07, 6.45) is -0.660. The molecule has 2 atom stereocenters. The highest BCUT2D eigenvalue weighted by Crippen LogP contribution is 2.44. The van der Waals surface area contributed by atoms with Gasteiger partial charge in [-0.2, -0.15) is 13.2 Å². The zero-order valence-corrected chi connectivity index (χ0v) is 18.9. The molecular weight excluding hydrogens is 484 g/mol. The van der Waals surface area contributed by atoms with Gasteiger partial charge in [0.1, 0.15) is 28.1 Å². The van der Waals surface area contributed by atoms with Crippen LogP contribution in [0, 0.1) is 0 Å². The van der Waals surface area contributed by atoms with Gasteiger partial charge in [0.25, 0.3) is 0 Å². The van der Waals surface area contributed by atoms with E-state index < -0.39 is 21.5 Å². The SMILES string of the molecule is CCS(=O)(=O)c1cc2c(nc1-c1nc3cc(SC(F)(F)F)ccc3o1)nc([C@H]1C[C@H]1F)n2C. The van der Waals surface area contributed by atoms with Gasteiger partial charge in [-0.15, -0.1) is 0 Å². The van der Waals surface area contributed by atoms with Crippen LogP contribution in [0.5, 0.6) is 0 Å². The summed E-state index contributed by atoms with van der Waals surface area (Å²) in [5.41, 5.74) is -3.64. The van der Waals surface area contributed by atoms with Gasteiger partial charge in [0.2, 0.25) is 5.89 Å². The molecule has 13 heteroatoms. The van der Waals surface area contributed by atoms with E-state index in [1.165, 1.54) is 31.2 Å². The minimum Gasteiger partial charge on any atom is -0.435 e. The first-order valence-electron chi connectivity index (χ1n) is 9.87. The van der Waals surface area contributed by atoms with Gasteiger partial charge in [-0.05, 0) is 42.4 Å². The molecule has 7 nitrogen and oxygen atoms in total. The summed E-state index contributed by atoms with van der Waals surface area (Å²) >= 11 is -0.290. The zero-order chi connectivity index (χ0) is 23.7. The standard InChI is InChI=1S/C20H16F4N4O3S2/c1-3-33(29,30)15-8-13-17(27-18(28(13)2)10-7-11(10)21)26-16(15)19-25-12-6-9(32-20(22,23)24)4-5-14(12)31-19/h4-6,8,10-11H,3,7H2,1-2H3/t10-,11+/m0/s1. The van der Waals surface area contributed by atoms with Gasteiger partial charge in [0.05, 0.1) is 17.2 Å². The van der Waals surface area contributed by atoms with Gasteiger partial charge in [0, 0.05) is 11.9 Å². The predicted molar refractivity (Wildman–Crippen MR) is 113 cm³/mol. The Hall–Kier alpha value is -2.67. The lowest BCUT2D eigenvalue weighted by Gasteiger charge is -2.07. The van der Waals surface area contributed by atoms with Gasteiger partial charge >= 0.3 is 5.51 Å². The first-order chi connectivity index (χ1) is 15.5. The van der Waals surface area contributed by atoms with E-state index in [1.807, 2.05) is 0 Å². The molecule has 0 N–H and O–H groups in total. The van der Waals surface area contributed by atoms with E-state index in [0.29, 0.717) is 17.8 Å². The van der Waals surface area contributed by atoms with Crippen molar-refractivity contribution in [1.82, 2.24) is 19.5 Å². The van der Waals surface area contributed by atoms with E-state index in [-0.39, 0.29) is 61.6 Å². The second-order valence-electron chi connectivity index (χ2n) is 7.66. The molecule has 0 unspecified atom stereocenters. The normalized spacial score (nSPS) is 19.0. The molecule has 0 aliphatic heterocycles. The largest absolute Gasteiger partial charge is 0.446 e. The zero-order valence-electron chi connectivity index (χ0n) is 17.2. The Kier molecular flexibility index (Phi) is 4.98. The summed E-state index contributed by atoms with van der Waals surface area (Å²) in [5, 5.41) is 0. The van der Waals surface area contributed by atoms with E-state index in [9.17, 15) is 26.0 Å². The molecule has 0 saturated heterocycles. The van der Waals surface area contributed by atoms with Gasteiger partial charge in [-0.3, -0.25) is 0 Å². The van der Waals surface area contributed by atoms with Gasteiger partial charge in [-0.1, -0.05) is 6.92 Å². The fraction of sp³-hybridized carbons (Fsp3) is 0.350. The Morgan fingerprint density at radius 2 is 1.94 bits per heavy atom. The number of halogens is 4. The number of alkyl halides is 4. The number of pyridine rings is 1. The molecule has 3 heterocycles. The average Bonchev–Trinajstić information content (AvgIpc) is 3.17. The highest BCUT2D eigenvalue weighted by Gasteiger charge is 2.42. The summed E-state index contributed by atoms with van der Waals surface area (Å²) in [7, 11) is -2.13. The highest BCUT2D eigenvalue weighted by molar-refractivity contribution is 8.00. The van der Waals surface area contributed by atoms with Crippen molar-refractivity contribution in [3.8, 4) is 11.6 Å². The van der Waals surface area contributed by atoms with Crippen molar-refractivity contribution < 1.29 is 30.4 Å². The second-order valence-corrected chi connectivity index (χ2v) is 11.0. The molecule has 1 aliphatic rings. The van der Waals surface area contributed by atoms with Crippen molar-refractivity contribution in [2.75, 3.05) is 5.75 Å². The minimum atomic E-state index is -4.47. The monoisotopic (exact) mass is 500 g/mol. The molecule has 0 amide bonds. The molecule has 1 fully saturated rings. The number of aryl methyl sites for hydroxylation is 1. The van der Waals surface area contributed by atoms with Crippen molar-refractivity contribution in [1.29, 1.82) is 0 Å². The lowest BCUT2D eigenvalue weighted by Crippen LogP contribution is -2.08. The van der Waals surface area contributed by atoms with Crippen LogP contribution in [0.25, 0.3) is 33.8 Å². The number of aromatic nitrogens is 4. The maximum Gasteiger partial charge on any atom is 0.446 e. The first kappa shape index (κ1) is 22.1. The van der Waals surface area contributed by atoms with Crippen LogP contribution in [0.4, 0.5) is 17.6 Å². The number of hydrogen-bond donors (Lipinski definition) is 0. The predicted octanol–water partition coefficient (Wildman–Crippen LogP) is 5.01. The highest BCUT2D eigenvalue weighted by atomic mass is 32.2. The fourth-order valence-electron chi connectivity index (χ4n) is 3.63. The molecule has 0 spiro atoms. The number of imidazole rings is 1. The number of benzene rings is 1. The summed E-state index contributed by atoms with van der Waals surface area (Å²) in [6.45, 7) is 1.47. The quantitative estimate of drug-likeness (QED) is 0.281. The van der Waals surface area contributed by atoms with E-state index in [4.69, 9.17) is 4.42 Å². The second kappa shape index (κ2) is 7.42. The Labute approximate surface area is 189 Å². The summed E-state index contributed by atoms with van der Waals surface area (Å²) in [4.78, 5) is 12.7. The van der Waals surface area contributed by atoms with E-state index in [0.717, 1.165) is 0 Å². The smallest absolute Gasteiger partial charge is 0.435 e. The molecule has 0 bridgehead atoms. The lowest BCUT2D eigenvalue weighted by molar-refractivity contribution is -0.0328. The van der Waals surface area contributed by atoms with Crippen molar-refractivity contribution in [2.24, 2.45) is 7.05 Å². The first-order valence-corrected chi connectivity index (χ1v) is 12.3. The molecule has 1 saturated carbocycles. The van der Waals surface area contributed by atoms with Crippen LogP contribution in [0.3, 0.4) is 0 Å². The number of rotatable bonds is 5. The van der Waals surface area contributed by atoms with Crippen molar-refractivity contribution in [3.63, 3.8) is 0 Å². The molecule has 1 aromatic carbocycles. The van der Waals surface area contributed by atoms with Gasteiger partial charge < -0.3 is 8.98 Å². The number of sulfone groups is 1. The minimum absolute atomic E-state index is 0.0840. The lowest BCUT2D eigenvalue weighted by atomic mass is 10.3. The molecule has 1 aliphatic carbocycles. The number of thioether (sulfide) groups is 1. The average molecular weight is 500 g/mol. The van der Waals surface area contributed by atoms with Gasteiger partial charge in [0.15, 0.2) is 21.1 Å². The van der Waals surface area contributed by atoms with Crippen molar-refractivity contribution in [3.05, 3.63) is 30.1 Å². The van der Waals surface area contributed by atoms with E-state index in [2.05, 4.69) is 15.0 Å². The number of nitrogens with zero attached hydrogens (tertiary/aromatic N) is 4. The molecular formula is C20H16F4N4O3S2. The third-order valence-electron chi connectivity index (χ3n) is 5.43. The third kappa shape index (κ3) is 3.97. The third-order valence-corrected chi connectivity index (χ3v) is 7.89. The van der Waals surface area contributed by atoms with Crippen LogP contribution in [0.1, 0.15) is 25.1 Å². The molecule has 174 valence electrons. The van der Waals surface area contributed by atoms with Crippen molar-refractivity contribution in [2.45, 2.75) is 40.7 Å². The summed E-state index contributed by atoms with van der Waals surface area (Å²) in [6, 6.07) is 5.19. The molecule has 33 heavy (non-hydrogen) atoms. The van der Waals surface area contributed by atoms with Crippen LogP contribution in [-0.4, -0.2) is 45.4 Å². The summed E-state index contributed by atoms with van der Waals surface area (Å²) < 4.78 is 84.8. The van der Waals surface area contributed by atoms with Crippen LogP contribution in [-0.2, 0) is 16.9 Å². The summed E-state index contributed by atoms with van der Waals surface area (Å²) in [5.74, 6) is -0.282. The van der Waals surface area contributed by atoms with E-state index in [1.54, 1.807) is 11.6 Å². The maximum absolute atomic E-state index is 13.6.